The number of nitrogens with zero attached hydrogens (tertiary/aromatic N) is 1. The lowest BCUT2D eigenvalue weighted by molar-refractivity contribution is -0.137. The average molecular weight is 261 g/mol. The smallest absolute Gasteiger partial charge is 0.323 e. The molecule has 1 aromatic carbocycles. The Morgan fingerprint density at radius 3 is 2.76 bits per heavy atom. The monoisotopic (exact) mass is 260 g/mol. The minimum Gasteiger partial charge on any atom is -0.480 e. The summed E-state index contributed by atoms with van der Waals surface area (Å²) in [5.74, 6) is -1.70. The molecule has 0 heterocycles. The molecule has 0 radical (unpaired) electrons. The van der Waals surface area contributed by atoms with Crippen LogP contribution >= 0.6 is 11.6 Å². The maximum absolute atomic E-state index is 12.9. The molecule has 1 rings (SSSR count). The van der Waals surface area contributed by atoms with Crippen molar-refractivity contribution in [2.24, 2.45) is 0 Å². The SMILES string of the molecule is CN(CC(=O)O)C(=O)Nc1cc(F)ccc1Cl. The fraction of sp³-hybridized carbons (Fsp3) is 0.200. The van der Waals surface area contributed by atoms with E-state index >= 15 is 0 Å². The number of carbonyl (C=O) groups excluding carboxylic acids is 1. The van der Waals surface area contributed by atoms with Crippen molar-refractivity contribution in [3.63, 3.8) is 0 Å². The summed E-state index contributed by atoms with van der Waals surface area (Å²) in [6, 6.07) is 2.82. The molecule has 7 heteroatoms. The van der Waals surface area contributed by atoms with Crippen molar-refractivity contribution >= 4 is 29.3 Å². The quantitative estimate of drug-likeness (QED) is 0.874. The maximum atomic E-state index is 12.9. The van der Waals surface area contributed by atoms with Crippen LogP contribution in [0.4, 0.5) is 14.9 Å². The first-order valence-electron chi connectivity index (χ1n) is 4.59. The van der Waals surface area contributed by atoms with Crippen LogP contribution in [-0.2, 0) is 4.79 Å². The van der Waals surface area contributed by atoms with Crippen LogP contribution in [0.25, 0.3) is 0 Å². The number of anilines is 1. The number of carboxylic acid groups (broad SMARTS) is 1. The van der Waals surface area contributed by atoms with E-state index in [4.69, 9.17) is 16.7 Å². The molecule has 0 fully saturated rings. The molecule has 0 aromatic heterocycles. The lowest BCUT2D eigenvalue weighted by Crippen LogP contribution is -2.35. The van der Waals surface area contributed by atoms with Crippen LogP contribution in [0.5, 0.6) is 0 Å². The highest BCUT2D eigenvalue weighted by molar-refractivity contribution is 6.33. The number of rotatable bonds is 3. The molecule has 0 aliphatic rings. The highest BCUT2D eigenvalue weighted by atomic mass is 35.5. The molecular formula is C10H10ClFN2O3. The topological polar surface area (TPSA) is 69.6 Å². The molecule has 0 saturated heterocycles. The highest BCUT2D eigenvalue weighted by Gasteiger charge is 2.13. The second-order valence-corrected chi connectivity index (χ2v) is 3.71. The Bertz CT molecular complexity index is 453. The molecule has 5 nitrogen and oxygen atoms in total. The number of hydrogen-bond acceptors (Lipinski definition) is 2. The van der Waals surface area contributed by atoms with Crippen LogP contribution in [0.2, 0.25) is 5.02 Å². The van der Waals surface area contributed by atoms with Crippen molar-refractivity contribution in [2.75, 3.05) is 18.9 Å². The Kier molecular flexibility index (Phi) is 4.28. The fourth-order valence-electron chi connectivity index (χ4n) is 1.08. The van der Waals surface area contributed by atoms with E-state index in [1.54, 1.807) is 0 Å². The molecule has 0 aliphatic heterocycles. The van der Waals surface area contributed by atoms with Crippen molar-refractivity contribution in [1.29, 1.82) is 0 Å². The summed E-state index contributed by atoms with van der Waals surface area (Å²) in [6.07, 6.45) is 0. The molecule has 0 spiro atoms. The number of halogens is 2. The summed E-state index contributed by atoms with van der Waals surface area (Å²) >= 11 is 5.73. The number of aliphatic carboxylic acids is 1. The largest absolute Gasteiger partial charge is 0.480 e. The number of urea groups is 1. The molecule has 0 aliphatic carbocycles. The Labute approximate surface area is 102 Å². The van der Waals surface area contributed by atoms with Gasteiger partial charge in [0.25, 0.3) is 0 Å². The second kappa shape index (κ2) is 5.49. The molecule has 1 aromatic rings. The summed E-state index contributed by atoms with van der Waals surface area (Å²) < 4.78 is 12.9. The van der Waals surface area contributed by atoms with Crippen molar-refractivity contribution in [1.82, 2.24) is 4.90 Å². The zero-order valence-corrected chi connectivity index (χ0v) is 9.66. The predicted molar refractivity (Wildman–Crippen MR) is 60.7 cm³/mol. The normalized spacial score (nSPS) is 9.82. The van der Waals surface area contributed by atoms with Gasteiger partial charge in [0, 0.05) is 7.05 Å². The summed E-state index contributed by atoms with van der Waals surface area (Å²) in [5.41, 5.74) is 0.0916. The molecule has 0 unspecified atom stereocenters. The Morgan fingerprint density at radius 2 is 2.18 bits per heavy atom. The summed E-state index contributed by atoms with van der Waals surface area (Å²) in [6.45, 7) is -0.460. The number of carboxylic acids is 1. The third-order valence-electron chi connectivity index (χ3n) is 1.89. The number of carbonyl (C=O) groups is 2. The third kappa shape index (κ3) is 3.92. The van der Waals surface area contributed by atoms with E-state index in [2.05, 4.69) is 5.32 Å². The molecular weight excluding hydrogens is 251 g/mol. The molecule has 2 amide bonds. The van der Waals surface area contributed by atoms with E-state index in [0.29, 0.717) is 0 Å². The number of nitrogens with one attached hydrogen (secondary N) is 1. The van der Waals surface area contributed by atoms with Crippen molar-refractivity contribution in [3.05, 3.63) is 29.0 Å². The van der Waals surface area contributed by atoms with Gasteiger partial charge in [-0.25, -0.2) is 9.18 Å². The third-order valence-corrected chi connectivity index (χ3v) is 2.22. The first kappa shape index (κ1) is 13.2. The number of amides is 2. The van der Waals surface area contributed by atoms with E-state index in [9.17, 15) is 14.0 Å². The second-order valence-electron chi connectivity index (χ2n) is 3.30. The summed E-state index contributed by atoms with van der Waals surface area (Å²) in [4.78, 5) is 22.8. The van der Waals surface area contributed by atoms with Gasteiger partial charge in [-0.15, -0.1) is 0 Å². The molecule has 0 atom stereocenters. The van der Waals surface area contributed by atoms with Crippen LogP contribution in [0.1, 0.15) is 0 Å². The van der Waals surface area contributed by atoms with Gasteiger partial charge in [0.15, 0.2) is 0 Å². The number of hydrogen-bond donors (Lipinski definition) is 2. The van der Waals surface area contributed by atoms with Gasteiger partial charge in [-0.3, -0.25) is 4.79 Å². The van der Waals surface area contributed by atoms with Gasteiger partial charge in [0.2, 0.25) is 0 Å². The Balaban J connectivity index is 2.73. The highest BCUT2D eigenvalue weighted by Crippen LogP contribution is 2.22. The Hall–Kier alpha value is -1.82. The molecule has 17 heavy (non-hydrogen) atoms. The zero-order chi connectivity index (χ0) is 13.0. The van der Waals surface area contributed by atoms with Gasteiger partial charge in [0.05, 0.1) is 10.7 Å². The van der Waals surface area contributed by atoms with Crippen LogP contribution in [0, 0.1) is 5.82 Å². The van der Waals surface area contributed by atoms with Crippen LogP contribution in [0.15, 0.2) is 18.2 Å². The molecule has 92 valence electrons. The van der Waals surface area contributed by atoms with Gasteiger partial charge < -0.3 is 15.3 Å². The van der Waals surface area contributed by atoms with Crippen LogP contribution in [-0.4, -0.2) is 35.6 Å². The fourth-order valence-corrected chi connectivity index (χ4v) is 1.24. The van der Waals surface area contributed by atoms with Crippen LogP contribution < -0.4 is 5.32 Å². The van der Waals surface area contributed by atoms with Crippen molar-refractivity contribution in [3.8, 4) is 0 Å². The Morgan fingerprint density at radius 1 is 1.53 bits per heavy atom. The molecule has 2 N–H and O–H groups in total. The van der Waals surface area contributed by atoms with Gasteiger partial charge >= 0.3 is 12.0 Å². The number of benzene rings is 1. The zero-order valence-electron chi connectivity index (χ0n) is 8.91. The van der Waals surface area contributed by atoms with E-state index in [1.165, 1.54) is 13.1 Å². The van der Waals surface area contributed by atoms with E-state index < -0.39 is 24.4 Å². The van der Waals surface area contributed by atoms with E-state index in [0.717, 1.165) is 17.0 Å². The van der Waals surface area contributed by atoms with E-state index in [1.807, 2.05) is 0 Å². The minimum atomic E-state index is -1.15. The summed E-state index contributed by atoms with van der Waals surface area (Å²) in [5, 5.41) is 11.0. The van der Waals surface area contributed by atoms with Crippen molar-refractivity contribution in [2.45, 2.75) is 0 Å². The maximum Gasteiger partial charge on any atom is 0.323 e. The standard InChI is InChI=1S/C10H10ClFN2O3/c1-14(5-9(15)16)10(17)13-8-4-6(12)2-3-7(8)11/h2-4H,5H2,1H3,(H,13,17)(H,15,16). The van der Waals surface area contributed by atoms with E-state index in [-0.39, 0.29) is 10.7 Å². The van der Waals surface area contributed by atoms with Gasteiger partial charge in [-0.2, -0.15) is 0 Å². The predicted octanol–water partition coefficient (Wildman–Crippen LogP) is 2.03. The summed E-state index contributed by atoms with van der Waals surface area (Å²) in [7, 11) is 1.30. The lowest BCUT2D eigenvalue weighted by Gasteiger charge is -2.16. The molecule has 0 saturated carbocycles. The molecule has 0 bridgehead atoms. The van der Waals surface area contributed by atoms with Gasteiger partial charge in [-0.1, -0.05) is 11.6 Å². The van der Waals surface area contributed by atoms with Gasteiger partial charge in [0.1, 0.15) is 12.4 Å². The first-order valence-corrected chi connectivity index (χ1v) is 4.97. The van der Waals surface area contributed by atoms with Gasteiger partial charge in [-0.05, 0) is 18.2 Å². The number of likely N-dealkylation sites (N-methyl/N-ethyl adjacent to an activating group) is 1. The first-order chi connectivity index (χ1) is 7.90. The average Bonchev–Trinajstić information content (AvgIpc) is 2.22. The lowest BCUT2D eigenvalue weighted by atomic mass is 10.3. The van der Waals surface area contributed by atoms with Crippen molar-refractivity contribution < 1.29 is 19.1 Å². The van der Waals surface area contributed by atoms with Crippen LogP contribution in [0.3, 0.4) is 0 Å². The minimum absolute atomic E-state index is 0.0916.